The van der Waals surface area contributed by atoms with Crippen LogP contribution in [0.4, 0.5) is 10.1 Å². The molecule has 0 atom stereocenters. The van der Waals surface area contributed by atoms with E-state index >= 15 is 0 Å². The van der Waals surface area contributed by atoms with Gasteiger partial charge in [0.25, 0.3) is 0 Å². The molecule has 2 N–H and O–H groups in total. The third-order valence-corrected chi connectivity index (χ3v) is 1.62. The highest BCUT2D eigenvalue weighted by Gasteiger charge is 2.07. The van der Waals surface area contributed by atoms with Crippen LogP contribution in [0.5, 0.6) is 5.75 Å². The van der Waals surface area contributed by atoms with Crippen molar-refractivity contribution >= 4 is 11.7 Å². The van der Waals surface area contributed by atoms with E-state index in [0.717, 1.165) is 6.07 Å². The first-order valence-electron chi connectivity index (χ1n) is 3.74. The Morgan fingerprint density at radius 3 is 2.69 bits per heavy atom. The summed E-state index contributed by atoms with van der Waals surface area (Å²) in [6.07, 6.45) is 0. The molecule has 0 saturated carbocycles. The van der Waals surface area contributed by atoms with Gasteiger partial charge in [0.2, 0.25) is 0 Å². The van der Waals surface area contributed by atoms with Gasteiger partial charge in [-0.25, -0.2) is 4.39 Å². The Labute approximate surface area is 75.3 Å². The summed E-state index contributed by atoms with van der Waals surface area (Å²) in [5.74, 6) is -0.836. The van der Waals surface area contributed by atoms with Crippen molar-refractivity contribution in [1.82, 2.24) is 0 Å². The molecule has 0 aliphatic heterocycles. The molecule has 13 heavy (non-hydrogen) atoms. The molecule has 1 rings (SSSR count). The van der Waals surface area contributed by atoms with Gasteiger partial charge in [-0.3, -0.25) is 4.79 Å². The minimum Gasteiger partial charge on any atom is -0.426 e. The Balaban J connectivity index is 3.12. The Hall–Kier alpha value is -1.58. The summed E-state index contributed by atoms with van der Waals surface area (Å²) in [5, 5.41) is 0. The van der Waals surface area contributed by atoms with E-state index in [9.17, 15) is 9.18 Å². The van der Waals surface area contributed by atoms with E-state index in [1.54, 1.807) is 6.92 Å². The molecule has 0 aliphatic rings. The molecule has 1 aromatic carbocycles. The smallest absolute Gasteiger partial charge is 0.308 e. The molecular formula is C9H10FNO2. The molecular weight excluding hydrogens is 173 g/mol. The second-order valence-corrected chi connectivity index (χ2v) is 2.71. The van der Waals surface area contributed by atoms with Crippen LogP contribution < -0.4 is 10.5 Å². The zero-order chi connectivity index (χ0) is 10.0. The summed E-state index contributed by atoms with van der Waals surface area (Å²) in [7, 11) is 0. The number of halogens is 1. The van der Waals surface area contributed by atoms with E-state index in [0.29, 0.717) is 5.56 Å². The third-order valence-electron chi connectivity index (χ3n) is 1.62. The van der Waals surface area contributed by atoms with Crippen LogP contribution in [-0.2, 0) is 4.79 Å². The highest BCUT2D eigenvalue weighted by atomic mass is 19.1. The third kappa shape index (κ3) is 2.18. The number of rotatable bonds is 1. The minimum absolute atomic E-state index is 0.171. The molecule has 0 aliphatic carbocycles. The second-order valence-electron chi connectivity index (χ2n) is 2.71. The topological polar surface area (TPSA) is 52.3 Å². The normalized spacial score (nSPS) is 9.77. The summed E-state index contributed by atoms with van der Waals surface area (Å²) < 4.78 is 17.5. The number of esters is 1. The first-order valence-corrected chi connectivity index (χ1v) is 3.74. The van der Waals surface area contributed by atoms with Gasteiger partial charge < -0.3 is 10.5 Å². The summed E-state index contributed by atoms with van der Waals surface area (Å²) >= 11 is 0. The van der Waals surface area contributed by atoms with Crippen LogP contribution in [0.2, 0.25) is 0 Å². The van der Waals surface area contributed by atoms with Crippen molar-refractivity contribution in [3.05, 3.63) is 23.5 Å². The maximum absolute atomic E-state index is 12.8. The lowest BCUT2D eigenvalue weighted by molar-refractivity contribution is -0.131. The zero-order valence-corrected chi connectivity index (χ0v) is 7.43. The first kappa shape index (κ1) is 9.51. The fourth-order valence-corrected chi connectivity index (χ4v) is 0.935. The molecule has 0 unspecified atom stereocenters. The molecule has 0 aromatic heterocycles. The van der Waals surface area contributed by atoms with E-state index < -0.39 is 11.8 Å². The maximum Gasteiger partial charge on any atom is 0.308 e. The monoisotopic (exact) mass is 183 g/mol. The van der Waals surface area contributed by atoms with Gasteiger partial charge in [0.15, 0.2) is 0 Å². The van der Waals surface area contributed by atoms with Gasteiger partial charge in [-0.05, 0) is 13.0 Å². The Morgan fingerprint density at radius 2 is 2.15 bits per heavy atom. The molecule has 0 amide bonds. The molecule has 0 fully saturated rings. The van der Waals surface area contributed by atoms with Crippen LogP contribution in [0.3, 0.4) is 0 Å². The van der Waals surface area contributed by atoms with Crippen LogP contribution in [0.15, 0.2) is 12.1 Å². The van der Waals surface area contributed by atoms with E-state index in [2.05, 4.69) is 0 Å². The van der Waals surface area contributed by atoms with Crippen LogP contribution in [0, 0.1) is 12.7 Å². The molecule has 1 aromatic rings. The molecule has 0 radical (unpaired) electrons. The fraction of sp³-hybridized carbons (Fsp3) is 0.222. The summed E-state index contributed by atoms with van der Waals surface area (Å²) in [6.45, 7) is 2.91. The summed E-state index contributed by atoms with van der Waals surface area (Å²) in [6, 6.07) is 2.31. The average molecular weight is 183 g/mol. The number of ether oxygens (including phenoxy) is 1. The van der Waals surface area contributed by atoms with Gasteiger partial charge in [0.05, 0.1) is 0 Å². The maximum atomic E-state index is 12.8. The Morgan fingerprint density at radius 1 is 1.54 bits per heavy atom. The molecule has 0 spiro atoms. The van der Waals surface area contributed by atoms with Gasteiger partial charge in [0, 0.05) is 24.2 Å². The van der Waals surface area contributed by atoms with E-state index in [-0.39, 0.29) is 11.4 Å². The predicted octanol–water partition coefficient (Wildman–Crippen LogP) is 1.64. The first-order chi connectivity index (χ1) is 6.00. The SMILES string of the molecule is CC(=O)Oc1cc(F)cc(N)c1C. The van der Waals surface area contributed by atoms with E-state index in [4.69, 9.17) is 10.5 Å². The number of carbonyl (C=O) groups excluding carboxylic acids is 1. The lowest BCUT2D eigenvalue weighted by Crippen LogP contribution is -2.04. The lowest BCUT2D eigenvalue weighted by Gasteiger charge is -2.07. The predicted molar refractivity (Wildman–Crippen MR) is 46.9 cm³/mol. The van der Waals surface area contributed by atoms with E-state index in [1.807, 2.05) is 0 Å². The second kappa shape index (κ2) is 3.43. The molecule has 4 heteroatoms. The van der Waals surface area contributed by atoms with E-state index in [1.165, 1.54) is 13.0 Å². The van der Waals surface area contributed by atoms with Crippen molar-refractivity contribution in [2.24, 2.45) is 0 Å². The van der Waals surface area contributed by atoms with Crippen LogP contribution in [0.25, 0.3) is 0 Å². The van der Waals surface area contributed by atoms with Gasteiger partial charge >= 0.3 is 5.97 Å². The van der Waals surface area contributed by atoms with Crippen molar-refractivity contribution in [3.8, 4) is 5.75 Å². The number of benzene rings is 1. The number of carbonyl (C=O) groups is 1. The lowest BCUT2D eigenvalue weighted by atomic mass is 10.2. The summed E-state index contributed by atoms with van der Waals surface area (Å²) in [4.78, 5) is 10.6. The highest BCUT2D eigenvalue weighted by molar-refractivity contribution is 5.71. The van der Waals surface area contributed by atoms with Crippen molar-refractivity contribution in [2.75, 3.05) is 5.73 Å². The quantitative estimate of drug-likeness (QED) is 0.409. The Bertz CT molecular complexity index is 350. The number of nitrogens with two attached hydrogens (primary N) is 1. The number of hydrogen-bond acceptors (Lipinski definition) is 3. The van der Waals surface area contributed by atoms with Crippen molar-refractivity contribution in [2.45, 2.75) is 13.8 Å². The molecule has 0 bridgehead atoms. The number of nitrogen functional groups attached to an aromatic ring is 1. The van der Waals surface area contributed by atoms with Crippen LogP contribution >= 0.6 is 0 Å². The molecule has 70 valence electrons. The molecule has 0 heterocycles. The van der Waals surface area contributed by atoms with Crippen molar-refractivity contribution in [3.63, 3.8) is 0 Å². The highest BCUT2D eigenvalue weighted by Crippen LogP contribution is 2.24. The molecule has 3 nitrogen and oxygen atoms in total. The van der Waals surface area contributed by atoms with Crippen molar-refractivity contribution < 1.29 is 13.9 Å². The van der Waals surface area contributed by atoms with Gasteiger partial charge in [-0.2, -0.15) is 0 Å². The minimum atomic E-state index is -0.514. The fourth-order valence-electron chi connectivity index (χ4n) is 0.935. The average Bonchev–Trinajstić information content (AvgIpc) is 1.98. The van der Waals surface area contributed by atoms with Crippen LogP contribution in [-0.4, -0.2) is 5.97 Å². The standard InChI is InChI=1S/C9H10FNO2/c1-5-8(11)3-7(10)4-9(5)13-6(2)12/h3-4H,11H2,1-2H3. The van der Waals surface area contributed by atoms with Crippen molar-refractivity contribution in [1.29, 1.82) is 0 Å². The van der Waals surface area contributed by atoms with Gasteiger partial charge in [-0.1, -0.05) is 0 Å². The van der Waals surface area contributed by atoms with Crippen LogP contribution in [0.1, 0.15) is 12.5 Å². The largest absolute Gasteiger partial charge is 0.426 e. The van der Waals surface area contributed by atoms with Gasteiger partial charge in [0.1, 0.15) is 11.6 Å². The number of hydrogen-bond donors (Lipinski definition) is 1. The van der Waals surface area contributed by atoms with Gasteiger partial charge in [-0.15, -0.1) is 0 Å². The summed E-state index contributed by atoms with van der Waals surface area (Å²) in [5.41, 5.74) is 6.31. The number of anilines is 1. The zero-order valence-electron chi connectivity index (χ0n) is 7.43. The molecule has 0 saturated heterocycles. The Kier molecular flexibility index (Phi) is 2.51.